The van der Waals surface area contributed by atoms with Gasteiger partial charge in [0, 0.05) is 17.6 Å². The van der Waals surface area contributed by atoms with E-state index in [2.05, 4.69) is 0 Å². The van der Waals surface area contributed by atoms with Gasteiger partial charge in [-0.05, 0) is 51.9 Å². The van der Waals surface area contributed by atoms with Crippen LogP contribution in [0.3, 0.4) is 0 Å². The third-order valence-corrected chi connectivity index (χ3v) is 4.60. The number of amides is 2. The summed E-state index contributed by atoms with van der Waals surface area (Å²) in [6, 6.07) is 9.42. The highest BCUT2D eigenvalue weighted by atomic mass is 19.4. The van der Waals surface area contributed by atoms with Crippen molar-refractivity contribution in [3.05, 3.63) is 30.3 Å². The van der Waals surface area contributed by atoms with E-state index < -0.39 is 24.5 Å². The Morgan fingerprint density at radius 1 is 1.19 bits per heavy atom. The second kappa shape index (κ2) is 9.21. The summed E-state index contributed by atoms with van der Waals surface area (Å²) in [4.78, 5) is 28.3. The zero-order valence-electron chi connectivity index (χ0n) is 15.6. The van der Waals surface area contributed by atoms with Gasteiger partial charge in [-0.3, -0.25) is 14.5 Å². The summed E-state index contributed by atoms with van der Waals surface area (Å²) in [7, 11) is 0. The molecule has 1 aromatic rings. The van der Waals surface area contributed by atoms with Crippen LogP contribution < -0.4 is 10.2 Å². The minimum atomic E-state index is -4.40. The number of halogens is 3. The zero-order chi connectivity index (χ0) is 20.0. The number of anilines is 1. The first-order chi connectivity index (χ1) is 12.7. The third kappa shape index (κ3) is 6.53. The Bertz CT molecular complexity index is 627. The molecule has 1 heterocycles. The van der Waals surface area contributed by atoms with E-state index in [1.807, 2.05) is 54.4 Å². The maximum absolute atomic E-state index is 12.8. The molecule has 5 nitrogen and oxygen atoms in total. The first kappa shape index (κ1) is 21.2. The van der Waals surface area contributed by atoms with Gasteiger partial charge in [0.1, 0.15) is 6.54 Å². The van der Waals surface area contributed by atoms with Crippen LogP contribution in [-0.2, 0) is 9.59 Å². The molecule has 0 saturated carbocycles. The van der Waals surface area contributed by atoms with Gasteiger partial charge in [-0.2, -0.15) is 13.2 Å². The van der Waals surface area contributed by atoms with E-state index in [-0.39, 0.29) is 18.5 Å². The maximum atomic E-state index is 12.8. The molecule has 1 aromatic carbocycles. The lowest BCUT2D eigenvalue weighted by atomic mass is 9.96. The third-order valence-electron chi connectivity index (χ3n) is 4.60. The van der Waals surface area contributed by atoms with Gasteiger partial charge >= 0.3 is 6.18 Å². The first-order valence-corrected chi connectivity index (χ1v) is 9.11. The summed E-state index contributed by atoms with van der Waals surface area (Å²) in [5.41, 5.74) is 0.832. The highest BCUT2D eigenvalue weighted by molar-refractivity contribution is 5.95. The Kier molecular flexibility index (Phi) is 7.24. The maximum Gasteiger partial charge on any atom is 0.405 e. The topological polar surface area (TPSA) is 52.7 Å². The van der Waals surface area contributed by atoms with Crippen LogP contribution in [0.25, 0.3) is 0 Å². The molecule has 1 aliphatic rings. The molecule has 150 valence electrons. The number of carbonyl (C=O) groups excluding carboxylic acids is 2. The van der Waals surface area contributed by atoms with Gasteiger partial charge in [0.05, 0.1) is 6.54 Å². The predicted octanol–water partition coefficient (Wildman–Crippen LogP) is 2.82. The van der Waals surface area contributed by atoms with Crippen molar-refractivity contribution in [2.45, 2.75) is 38.9 Å². The van der Waals surface area contributed by atoms with Crippen LogP contribution in [0.4, 0.5) is 18.9 Å². The van der Waals surface area contributed by atoms with Crippen molar-refractivity contribution in [1.82, 2.24) is 10.2 Å². The molecule has 0 aromatic heterocycles. The number of carbonyl (C=O) groups is 2. The standard InChI is InChI=1S/C19H26F3N3O2/c1-14(2)25(16-6-4-3-5-7-16)17(26)12-24-10-8-15(9-11-24)18(27)23-13-19(20,21)22/h3-7,14-15H,8-13H2,1-2H3,(H,23,27). The number of likely N-dealkylation sites (tertiary alicyclic amines) is 1. The first-order valence-electron chi connectivity index (χ1n) is 9.11. The number of nitrogens with one attached hydrogen (secondary N) is 1. The molecule has 8 heteroatoms. The summed E-state index contributed by atoms with van der Waals surface area (Å²) >= 11 is 0. The van der Waals surface area contributed by atoms with E-state index in [4.69, 9.17) is 0 Å². The molecule has 1 aliphatic heterocycles. The van der Waals surface area contributed by atoms with Crippen LogP contribution in [0.15, 0.2) is 30.3 Å². The van der Waals surface area contributed by atoms with E-state index in [0.29, 0.717) is 25.9 Å². The van der Waals surface area contributed by atoms with Crippen molar-refractivity contribution in [2.75, 3.05) is 31.1 Å². The van der Waals surface area contributed by atoms with Crippen LogP contribution in [0.5, 0.6) is 0 Å². The highest BCUT2D eigenvalue weighted by Crippen LogP contribution is 2.21. The van der Waals surface area contributed by atoms with Crippen molar-refractivity contribution in [1.29, 1.82) is 0 Å². The summed E-state index contributed by atoms with van der Waals surface area (Å²) in [6.45, 7) is 3.84. The molecule has 0 unspecified atom stereocenters. The largest absolute Gasteiger partial charge is 0.405 e. The fraction of sp³-hybridized carbons (Fsp3) is 0.579. The lowest BCUT2D eigenvalue weighted by Gasteiger charge is -2.34. The van der Waals surface area contributed by atoms with Crippen LogP contribution in [0.2, 0.25) is 0 Å². The number of hydrogen-bond acceptors (Lipinski definition) is 3. The Hall–Kier alpha value is -2.09. The van der Waals surface area contributed by atoms with E-state index in [9.17, 15) is 22.8 Å². The molecule has 0 aliphatic carbocycles. The minimum absolute atomic E-state index is 0.00517. The fourth-order valence-corrected chi connectivity index (χ4v) is 3.27. The molecule has 0 radical (unpaired) electrons. The smallest absolute Gasteiger partial charge is 0.347 e. The van der Waals surface area contributed by atoms with E-state index >= 15 is 0 Å². The van der Waals surface area contributed by atoms with Crippen LogP contribution in [0, 0.1) is 5.92 Å². The van der Waals surface area contributed by atoms with Gasteiger partial charge < -0.3 is 10.2 Å². The van der Waals surface area contributed by atoms with Crippen molar-refractivity contribution < 1.29 is 22.8 Å². The predicted molar refractivity (Wildman–Crippen MR) is 97.3 cm³/mol. The fourth-order valence-electron chi connectivity index (χ4n) is 3.27. The van der Waals surface area contributed by atoms with E-state index in [1.165, 1.54) is 0 Å². The molecule has 0 bridgehead atoms. The van der Waals surface area contributed by atoms with Gasteiger partial charge in [0.2, 0.25) is 11.8 Å². The van der Waals surface area contributed by atoms with Crippen molar-refractivity contribution in [3.8, 4) is 0 Å². The minimum Gasteiger partial charge on any atom is -0.347 e. The summed E-state index contributed by atoms with van der Waals surface area (Å²) < 4.78 is 36.6. The Labute approximate surface area is 157 Å². The number of benzene rings is 1. The molecular weight excluding hydrogens is 359 g/mol. The van der Waals surface area contributed by atoms with Crippen LogP contribution in [0.1, 0.15) is 26.7 Å². The molecule has 1 fully saturated rings. The van der Waals surface area contributed by atoms with Gasteiger partial charge in [-0.1, -0.05) is 18.2 Å². The zero-order valence-corrected chi connectivity index (χ0v) is 15.6. The monoisotopic (exact) mass is 385 g/mol. The van der Waals surface area contributed by atoms with E-state index in [1.54, 1.807) is 4.90 Å². The Balaban J connectivity index is 1.85. The van der Waals surface area contributed by atoms with Crippen molar-refractivity contribution in [2.24, 2.45) is 5.92 Å². The van der Waals surface area contributed by atoms with Crippen LogP contribution in [-0.4, -0.2) is 55.1 Å². The SMILES string of the molecule is CC(C)N(C(=O)CN1CCC(C(=O)NCC(F)(F)F)CC1)c1ccccc1. The molecule has 1 N–H and O–H groups in total. The van der Waals surface area contributed by atoms with Crippen molar-refractivity contribution >= 4 is 17.5 Å². The second-order valence-corrected chi connectivity index (χ2v) is 7.08. The average Bonchev–Trinajstić information content (AvgIpc) is 2.60. The average molecular weight is 385 g/mol. The quantitative estimate of drug-likeness (QED) is 0.819. The highest BCUT2D eigenvalue weighted by Gasteiger charge is 2.31. The number of hydrogen-bond donors (Lipinski definition) is 1. The molecule has 27 heavy (non-hydrogen) atoms. The Morgan fingerprint density at radius 2 is 1.78 bits per heavy atom. The van der Waals surface area contributed by atoms with E-state index in [0.717, 1.165) is 5.69 Å². The molecule has 1 saturated heterocycles. The number of rotatable bonds is 6. The molecule has 0 atom stereocenters. The van der Waals surface area contributed by atoms with Gasteiger partial charge in [-0.15, -0.1) is 0 Å². The van der Waals surface area contributed by atoms with Gasteiger partial charge in [0.25, 0.3) is 0 Å². The lowest BCUT2D eigenvalue weighted by molar-refractivity contribution is -0.141. The number of nitrogens with zero attached hydrogens (tertiary/aromatic N) is 2. The summed E-state index contributed by atoms with van der Waals surface area (Å²) in [5, 5.41) is 1.94. The lowest BCUT2D eigenvalue weighted by Crippen LogP contribution is -2.48. The van der Waals surface area contributed by atoms with Crippen LogP contribution >= 0.6 is 0 Å². The number of para-hydroxylation sites is 1. The molecule has 2 rings (SSSR count). The normalized spacial score (nSPS) is 16.4. The summed E-state index contributed by atoms with van der Waals surface area (Å²) in [6.07, 6.45) is -3.51. The summed E-state index contributed by atoms with van der Waals surface area (Å²) in [5.74, 6) is -1.03. The number of alkyl halides is 3. The second-order valence-electron chi connectivity index (χ2n) is 7.08. The number of piperidine rings is 1. The van der Waals surface area contributed by atoms with Gasteiger partial charge in [-0.25, -0.2) is 0 Å². The molecular formula is C19H26F3N3O2. The van der Waals surface area contributed by atoms with Gasteiger partial charge in [0.15, 0.2) is 0 Å². The Morgan fingerprint density at radius 3 is 2.30 bits per heavy atom. The molecule has 2 amide bonds. The van der Waals surface area contributed by atoms with Crippen molar-refractivity contribution in [3.63, 3.8) is 0 Å². The molecule has 0 spiro atoms.